The molecule has 6 heteroatoms. The number of ether oxygens (including phenoxy) is 3. The Hall–Kier alpha value is -2.08. The van der Waals surface area contributed by atoms with E-state index in [0.29, 0.717) is 29.5 Å². The Morgan fingerprint density at radius 1 is 1.00 bits per heavy atom. The molecule has 0 N–H and O–H groups in total. The zero-order chi connectivity index (χ0) is 23.8. The molecule has 0 saturated heterocycles. The number of hydrogen-bond acceptors (Lipinski definition) is 5. The number of amides is 1. The van der Waals surface area contributed by atoms with Crippen LogP contribution in [0.3, 0.4) is 0 Å². The number of esters is 1. The molecule has 2 fully saturated rings. The summed E-state index contributed by atoms with van der Waals surface area (Å²) in [6, 6.07) is 5.54. The van der Waals surface area contributed by atoms with Gasteiger partial charge in [-0.05, 0) is 81.9 Å². The Morgan fingerprint density at radius 2 is 1.70 bits per heavy atom. The lowest BCUT2D eigenvalue weighted by molar-refractivity contribution is -0.124. The molecule has 33 heavy (non-hydrogen) atoms. The Morgan fingerprint density at radius 3 is 2.30 bits per heavy atom. The predicted octanol–water partition coefficient (Wildman–Crippen LogP) is 5.77. The standard InChI is InChI=1S/C27H41NO5/c1-5-6-17-33-23-15-16-25(24(18-23)27(30)32-4)28(21-11-13-22(31-3)14-12-21)26(29)20-9-7-19(2)8-10-20/h15-16,18-22H,5-14,17H2,1-4H3/t19-,20-,21?,22?. The highest BCUT2D eigenvalue weighted by Crippen LogP contribution is 2.37. The molecule has 0 aliphatic heterocycles. The van der Waals surface area contributed by atoms with E-state index in [1.165, 1.54) is 7.11 Å². The lowest BCUT2D eigenvalue weighted by Crippen LogP contribution is -2.47. The van der Waals surface area contributed by atoms with Crippen molar-refractivity contribution < 1.29 is 23.8 Å². The van der Waals surface area contributed by atoms with E-state index < -0.39 is 5.97 Å². The van der Waals surface area contributed by atoms with Crippen LogP contribution in [0.25, 0.3) is 0 Å². The summed E-state index contributed by atoms with van der Waals surface area (Å²) in [6.07, 6.45) is 9.76. The van der Waals surface area contributed by atoms with Gasteiger partial charge in [-0.15, -0.1) is 0 Å². The highest BCUT2D eigenvalue weighted by molar-refractivity contribution is 6.04. The van der Waals surface area contributed by atoms with Gasteiger partial charge in [0, 0.05) is 19.1 Å². The lowest BCUT2D eigenvalue weighted by atomic mass is 9.81. The number of rotatable bonds is 9. The molecule has 2 saturated carbocycles. The van der Waals surface area contributed by atoms with Gasteiger partial charge in [-0.1, -0.05) is 20.3 Å². The summed E-state index contributed by atoms with van der Waals surface area (Å²) >= 11 is 0. The van der Waals surface area contributed by atoms with Gasteiger partial charge in [0.05, 0.1) is 31.1 Å². The maximum absolute atomic E-state index is 13.9. The van der Waals surface area contributed by atoms with Crippen molar-refractivity contribution in [3.63, 3.8) is 0 Å². The highest BCUT2D eigenvalue weighted by Gasteiger charge is 2.36. The molecule has 6 nitrogen and oxygen atoms in total. The van der Waals surface area contributed by atoms with Gasteiger partial charge >= 0.3 is 5.97 Å². The quantitative estimate of drug-likeness (QED) is 0.346. The fourth-order valence-corrected chi connectivity index (χ4v) is 5.16. The SMILES string of the molecule is CCCCOc1ccc(N(C(=O)[C@H]2CC[C@H](C)CC2)C2CCC(OC)CC2)c(C(=O)OC)c1. The van der Waals surface area contributed by atoms with Gasteiger partial charge in [0.2, 0.25) is 5.91 Å². The minimum Gasteiger partial charge on any atom is -0.494 e. The average molecular weight is 460 g/mol. The van der Waals surface area contributed by atoms with Crippen LogP contribution in [0.15, 0.2) is 18.2 Å². The van der Waals surface area contributed by atoms with E-state index in [1.807, 2.05) is 17.0 Å². The van der Waals surface area contributed by atoms with Crippen molar-refractivity contribution in [2.75, 3.05) is 25.7 Å². The molecular formula is C27H41NO5. The highest BCUT2D eigenvalue weighted by atomic mass is 16.5. The molecule has 1 aromatic carbocycles. The number of nitrogens with zero attached hydrogens (tertiary/aromatic N) is 1. The monoisotopic (exact) mass is 459 g/mol. The first kappa shape index (κ1) is 25.5. The number of carbonyl (C=O) groups is 2. The molecule has 0 aromatic heterocycles. The third-order valence-corrected chi connectivity index (χ3v) is 7.34. The zero-order valence-corrected chi connectivity index (χ0v) is 20.8. The summed E-state index contributed by atoms with van der Waals surface area (Å²) in [5.74, 6) is 1.02. The molecule has 184 valence electrons. The number of unbranched alkanes of at least 4 members (excludes halogenated alkanes) is 1. The number of carbonyl (C=O) groups excluding carboxylic acids is 2. The van der Waals surface area contributed by atoms with E-state index >= 15 is 0 Å². The maximum atomic E-state index is 13.9. The van der Waals surface area contributed by atoms with Crippen LogP contribution < -0.4 is 9.64 Å². The molecule has 1 aromatic rings. The fraction of sp³-hybridized carbons (Fsp3) is 0.704. The van der Waals surface area contributed by atoms with Crippen LogP contribution in [-0.2, 0) is 14.3 Å². The van der Waals surface area contributed by atoms with Crippen molar-refractivity contribution in [1.82, 2.24) is 0 Å². The lowest BCUT2D eigenvalue weighted by Gasteiger charge is -2.40. The molecule has 0 atom stereocenters. The van der Waals surface area contributed by atoms with Crippen LogP contribution in [0.1, 0.15) is 88.4 Å². The molecular weight excluding hydrogens is 418 g/mol. The van der Waals surface area contributed by atoms with Crippen molar-refractivity contribution in [2.45, 2.75) is 90.2 Å². The minimum absolute atomic E-state index is 0.00678. The summed E-state index contributed by atoms with van der Waals surface area (Å²) in [7, 11) is 3.14. The van der Waals surface area contributed by atoms with Gasteiger partial charge in [0.1, 0.15) is 5.75 Å². The first-order chi connectivity index (χ1) is 16.0. The van der Waals surface area contributed by atoms with Crippen LogP contribution in [0.5, 0.6) is 5.75 Å². The summed E-state index contributed by atoms with van der Waals surface area (Å²) in [5.41, 5.74) is 1.05. The maximum Gasteiger partial charge on any atom is 0.340 e. The van der Waals surface area contributed by atoms with Crippen molar-refractivity contribution in [3.8, 4) is 5.75 Å². The third kappa shape index (κ3) is 6.50. The van der Waals surface area contributed by atoms with Gasteiger partial charge in [-0.25, -0.2) is 4.79 Å². The second-order valence-electron chi connectivity index (χ2n) is 9.70. The van der Waals surface area contributed by atoms with E-state index in [1.54, 1.807) is 13.2 Å². The normalized spacial score (nSPS) is 25.3. The topological polar surface area (TPSA) is 65.1 Å². The van der Waals surface area contributed by atoms with E-state index in [4.69, 9.17) is 14.2 Å². The van der Waals surface area contributed by atoms with Gasteiger partial charge in [0.25, 0.3) is 0 Å². The van der Waals surface area contributed by atoms with Crippen LogP contribution in [0.4, 0.5) is 5.69 Å². The Kier molecular flexibility index (Phi) is 9.60. The second-order valence-corrected chi connectivity index (χ2v) is 9.70. The average Bonchev–Trinajstić information content (AvgIpc) is 2.85. The van der Waals surface area contributed by atoms with E-state index in [2.05, 4.69) is 13.8 Å². The summed E-state index contributed by atoms with van der Waals surface area (Å²) in [6.45, 7) is 4.97. The Balaban J connectivity index is 1.94. The molecule has 0 bridgehead atoms. The summed E-state index contributed by atoms with van der Waals surface area (Å²) in [5, 5.41) is 0. The fourth-order valence-electron chi connectivity index (χ4n) is 5.16. The number of benzene rings is 1. The number of anilines is 1. The molecule has 0 spiro atoms. The third-order valence-electron chi connectivity index (χ3n) is 7.34. The van der Waals surface area contributed by atoms with Crippen LogP contribution in [0, 0.1) is 11.8 Å². The molecule has 3 rings (SSSR count). The zero-order valence-electron chi connectivity index (χ0n) is 20.8. The summed E-state index contributed by atoms with van der Waals surface area (Å²) in [4.78, 5) is 28.7. The minimum atomic E-state index is -0.438. The van der Waals surface area contributed by atoms with Crippen molar-refractivity contribution >= 4 is 17.6 Å². The number of hydrogen-bond donors (Lipinski definition) is 0. The second kappa shape index (κ2) is 12.4. The number of methoxy groups -OCH3 is 2. The van der Waals surface area contributed by atoms with Crippen LogP contribution >= 0.6 is 0 Å². The molecule has 2 aliphatic carbocycles. The van der Waals surface area contributed by atoms with E-state index in [-0.39, 0.29) is 24.0 Å². The van der Waals surface area contributed by atoms with Gasteiger partial charge in [-0.3, -0.25) is 4.79 Å². The van der Waals surface area contributed by atoms with Crippen molar-refractivity contribution in [1.29, 1.82) is 0 Å². The van der Waals surface area contributed by atoms with Gasteiger partial charge < -0.3 is 19.1 Å². The first-order valence-corrected chi connectivity index (χ1v) is 12.7. The molecule has 2 aliphatic rings. The van der Waals surface area contributed by atoms with E-state index in [9.17, 15) is 9.59 Å². The largest absolute Gasteiger partial charge is 0.494 e. The van der Waals surface area contributed by atoms with Crippen molar-refractivity contribution in [2.24, 2.45) is 11.8 Å². The van der Waals surface area contributed by atoms with Crippen LogP contribution in [0.2, 0.25) is 0 Å². The Labute approximate surface area is 199 Å². The predicted molar refractivity (Wildman–Crippen MR) is 130 cm³/mol. The molecule has 0 heterocycles. The Bertz CT molecular complexity index is 779. The first-order valence-electron chi connectivity index (χ1n) is 12.7. The molecule has 1 amide bonds. The molecule has 0 unspecified atom stereocenters. The van der Waals surface area contributed by atoms with Crippen molar-refractivity contribution in [3.05, 3.63) is 23.8 Å². The van der Waals surface area contributed by atoms with Gasteiger partial charge in [0.15, 0.2) is 0 Å². The van der Waals surface area contributed by atoms with E-state index in [0.717, 1.165) is 64.2 Å². The summed E-state index contributed by atoms with van der Waals surface area (Å²) < 4.78 is 16.5. The van der Waals surface area contributed by atoms with Gasteiger partial charge in [-0.2, -0.15) is 0 Å². The van der Waals surface area contributed by atoms with Crippen LogP contribution in [-0.4, -0.2) is 44.8 Å². The smallest absolute Gasteiger partial charge is 0.340 e. The molecule has 0 radical (unpaired) electrons.